The predicted molar refractivity (Wildman–Crippen MR) is 87.3 cm³/mol. The molecule has 0 aliphatic heterocycles. The minimum Gasteiger partial charge on any atom is -0.335 e. The number of aromatic nitrogens is 2. The quantitative estimate of drug-likeness (QED) is 0.774. The Labute approximate surface area is 129 Å². The van der Waals surface area contributed by atoms with E-state index in [4.69, 9.17) is 0 Å². The lowest BCUT2D eigenvalue weighted by Crippen LogP contribution is -2.30. The molecule has 0 aromatic carbocycles. The lowest BCUT2D eigenvalue weighted by Gasteiger charge is -2.25. The summed E-state index contributed by atoms with van der Waals surface area (Å²) in [6.45, 7) is 4.61. The lowest BCUT2D eigenvalue weighted by molar-refractivity contribution is 0.290. The first-order chi connectivity index (χ1) is 10.4. The van der Waals surface area contributed by atoms with Crippen molar-refractivity contribution in [2.24, 2.45) is 11.8 Å². The van der Waals surface area contributed by atoms with Gasteiger partial charge in [-0.25, -0.2) is 4.98 Å². The van der Waals surface area contributed by atoms with E-state index in [0.29, 0.717) is 0 Å². The molecule has 0 radical (unpaired) electrons. The highest BCUT2D eigenvalue weighted by Crippen LogP contribution is 2.31. The maximum Gasteiger partial charge on any atom is 0.108 e. The normalized spacial score (nSPS) is 26.7. The van der Waals surface area contributed by atoms with E-state index >= 15 is 0 Å². The fourth-order valence-electron chi connectivity index (χ4n) is 3.81. The Morgan fingerprint density at radius 2 is 1.95 bits per heavy atom. The second kappa shape index (κ2) is 7.44. The summed E-state index contributed by atoms with van der Waals surface area (Å²) in [4.78, 5) is 4.64. The van der Waals surface area contributed by atoms with Gasteiger partial charge in [-0.2, -0.15) is 0 Å². The summed E-state index contributed by atoms with van der Waals surface area (Å²) in [5.41, 5.74) is 0. The van der Waals surface area contributed by atoms with E-state index in [-0.39, 0.29) is 0 Å². The SMILES string of the molecule is CCCn1ccnc1CC1CCCCCC1CNC1CC1. The number of nitrogens with one attached hydrogen (secondary N) is 1. The molecule has 1 N–H and O–H groups in total. The van der Waals surface area contributed by atoms with Crippen molar-refractivity contribution in [2.75, 3.05) is 6.54 Å². The zero-order valence-electron chi connectivity index (χ0n) is 13.6. The van der Waals surface area contributed by atoms with Gasteiger partial charge in [-0.05, 0) is 50.5 Å². The van der Waals surface area contributed by atoms with Gasteiger partial charge in [0.2, 0.25) is 0 Å². The highest BCUT2D eigenvalue weighted by molar-refractivity contribution is 4.96. The number of aryl methyl sites for hydroxylation is 1. The van der Waals surface area contributed by atoms with Gasteiger partial charge in [0.25, 0.3) is 0 Å². The summed E-state index contributed by atoms with van der Waals surface area (Å²) < 4.78 is 2.37. The molecule has 0 bridgehead atoms. The van der Waals surface area contributed by atoms with Crippen LogP contribution in [0.5, 0.6) is 0 Å². The first kappa shape index (κ1) is 15.1. The molecule has 0 amide bonds. The number of hydrogen-bond donors (Lipinski definition) is 1. The summed E-state index contributed by atoms with van der Waals surface area (Å²) in [5, 5.41) is 3.78. The van der Waals surface area contributed by atoms with Crippen LogP contribution in [0, 0.1) is 11.8 Å². The highest BCUT2D eigenvalue weighted by atomic mass is 15.1. The first-order valence-corrected chi connectivity index (χ1v) is 9.10. The standard InChI is InChI=1S/C18H31N3/c1-2-11-21-12-10-19-18(21)13-15-6-4-3-5-7-16(15)14-20-17-8-9-17/h10,12,15-17,20H,2-9,11,13-14H2,1H3. The molecule has 1 aromatic heterocycles. The van der Waals surface area contributed by atoms with Crippen LogP contribution in [0.15, 0.2) is 12.4 Å². The van der Waals surface area contributed by atoms with Crippen LogP contribution in [0.1, 0.15) is 64.1 Å². The van der Waals surface area contributed by atoms with Crippen molar-refractivity contribution in [3.63, 3.8) is 0 Å². The average Bonchev–Trinajstić information content (AvgIpc) is 3.24. The van der Waals surface area contributed by atoms with E-state index in [9.17, 15) is 0 Å². The summed E-state index contributed by atoms with van der Waals surface area (Å²) in [7, 11) is 0. The molecule has 0 spiro atoms. The van der Waals surface area contributed by atoms with Crippen molar-refractivity contribution in [3.8, 4) is 0 Å². The molecule has 3 heteroatoms. The summed E-state index contributed by atoms with van der Waals surface area (Å²) >= 11 is 0. The van der Waals surface area contributed by atoms with Gasteiger partial charge in [0.15, 0.2) is 0 Å². The van der Waals surface area contributed by atoms with Crippen LogP contribution in [-0.4, -0.2) is 22.1 Å². The van der Waals surface area contributed by atoms with Gasteiger partial charge in [0.1, 0.15) is 5.82 Å². The van der Waals surface area contributed by atoms with Crippen LogP contribution >= 0.6 is 0 Å². The molecule has 2 atom stereocenters. The number of nitrogens with zero attached hydrogens (tertiary/aromatic N) is 2. The third kappa shape index (κ3) is 4.32. The van der Waals surface area contributed by atoms with Gasteiger partial charge in [-0.15, -0.1) is 0 Å². The van der Waals surface area contributed by atoms with Crippen molar-refractivity contribution in [3.05, 3.63) is 18.2 Å². The first-order valence-electron chi connectivity index (χ1n) is 9.10. The molecular formula is C18H31N3. The van der Waals surface area contributed by atoms with Crippen molar-refractivity contribution in [1.82, 2.24) is 14.9 Å². The molecule has 1 aromatic rings. The molecule has 3 rings (SSSR count). The Morgan fingerprint density at radius 3 is 2.71 bits per heavy atom. The van der Waals surface area contributed by atoms with Gasteiger partial charge < -0.3 is 9.88 Å². The van der Waals surface area contributed by atoms with Gasteiger partial charge in [0.05, 0.1) is 0 Å². The van der Waals surface area contributed by atoms with Crippen molar-refractivity contribution >= 4 is 0 Å². The fraction of sp³-hybridized carbons (Fsp3) is 0.833. The Bertz CT molecular complexity index is 422. The molecule has 0 saturated heterocycles. The van der Waals surface area contributed by atoms with Crippen LogP contribution in [0.3, 0.4) is 0 Å². The summed E-state index contributed by atoms with van der Waals surface area (Å²) in [6, 6.07) is 0.844. The van der Waals surface area contributed by atoms with Crippen LogP contribution in [0.4, 0.5) is 0 Å². The Hall–Kier alpha value is -0.830. The monoisotopic (exact) mass is 289 g/mol. The Kier molecular flexibility index (Phi) is 5.34. The van der Waals surface area contributed by atoms with E-state index in [2.05, 4.69) is 28.0 Å². The Morgan fingerprint density at radius 1 is 1.14 bits per heavy atom. The third-order valence-electron chi connectivity index (χ3n) is 5.27. The molecule has 3 nitrogen and oxygen atoms in total. The number of rotatable bonds is 7. The zero-order valence-corrected chi connectivity index (χ0v) is 13.6. The van der Waals surface area contributed by atoms with E-state index in [0.717, 1.165) is 24.4 Å². The minimum absolute atomic E-state index is 0.830. The smallest absolute Gasteiger partial charge is 0.108 e. The van der Waals surface area contributed by atoms with Crippen LogP contribution < -0.4 is 5.32 Å². The van der Waals surface area contributed by atoms with E-state index in [1.165, 1.54) is 70.2 Å². The van der Waals surface area contributed by atoms with E-state index in [1.807, 2.05) is 6.20 Å². The fourth-order valence-corrected chi connectivity index (χ4v) is 3.81. The van der Waals surface area contributed by atoms with Gasteiger partial charge in [-0.3, -0.25) is 0 Å². The summed E-state index contributed by atoms with van der Waals surface area (Å²) in [6.07, 6.45) is 16.4. The van der Waals surface area contributed by atoms with Crippen molar-refractivity contribution in [2.45, 2.75) is 77.3 Å². The molecule has 21 heavy (non-hydrogen) atoms. The lowest BCUT2D eigenvalue weighted by atomic mass is 9.85. The van der Waals surface area contributed by atoms with Gasteiger partial charge >= 0.3 is 0 Å². The van der Waals surface area contributed by atoms with Crippen molar-refractivity contribution < 1.29 is 0 Å². The molecule has 2 aliphatic carbocycles. The van der Waals surface area contributed by atoms with Gasteiger partial charge in [0, 0.05) is 31.4 Å². The van der Waals surface area contributed by atoms with Gasteiger partial charge in [-0.1, -0.05) is 26.2 Å². The molecule has 2 aliphatic rings. The Balaban J connectivity index is 1.61. The second-order valence-corrected chi connectivity index (χ2v) is 7.08. The third-order valence-corrected chi connectivity index (χ3v) is 5.27. The van der Waals surface area contributed by atoms with E-state index < -0.39 is 0 Å². The molecule has 118 valence electrons. The average molecular weight is 289 g/mol. The number of hydrogen-bond acceptors (Lipinski definition) is 2. The molecule has 2 saturated carbocycles. The predicted octanol–water partition coefficient (Wildman–Crippen LogP) is 3.78. The number of imidazole rings is 1. The van der Waals surface area contributed by atoms with Crippen molar-refractivity contribution in [1.29, 1.82) is 0 Å². The second-order valence-electron chi connectivity index (χ2n) is 7.08. The molecular weight excluding hydrogens is 258 g/mol. The molecule has 2 unspecified atom stereocenters. The van der Waals surface area contributed by atoms with E-state index in [1.54, 1.807) is 0 Å². The zero-order chi connectivity index (χ0) is 14.5. The van der Waals surface area contributed by atoms with Crippen LogP contribution in [0.25, 0.3) is 0 Å². The molecule has 1 heterocycles. The molecule has 2 fully saturated rings. The largest absolute Gasteiger partial charge is 0.335 e. The maximum atomic E-state index is 4.64. The topological polar surface area (TPSA) is 29.9 Å². The summed E-state index contributed by atoms with van der Waals surface area (Å²) in [5.74, 6) is 3.01. The van der Waals surface area contributed by atoms with Crippen LogP contribution in [-0.2, 0) is 13.0 Å². The maximum absolute atomic E-state index is 4.64. The minimum atomic E-state index is 0.830. The van der Waals surface area contributed by atoms with Crippen LogP contribution in [0.2, 0.25) is 0 Å². The highest BCUT2D eigenvalue weighted by Gasteiger charge is 2.28.